The van der Waals surface area contributed by atoms with Gasteiger partial charge in [0.2, 0.25) is 17.7 Å². The molecule has 2 aromatic carbocycles. The zero-order chi connectivity index (χ0) is 19.8. The second-order valence-electron chi connectivity index (χ2n) is 6.05. The van der Waals surface area contributed by atoms with E-state index in [-0.39, 0.29) is 30.7 Å². The minimum atomic E-state index is -0.242. The monoisotopic (exact) mass is 385 g/mol. The molecule has 2 rings (SSSR count). The topological polar surface area (TPSA) is 78.5 Å². The molecule has 142 valence electrons. The molecule has 0 aliphatic carbocycles. The normalized spacial score (nSPS) is 10.2. The summed E-state index contributed by atoms with van der Waals surface area (Å²) in [6, 6.07) is 14.6. The molecule has 0 bridgehead atoms. The Hall–Kier alpha value is -2.80. The summed E-state index contributed by atoms with van der Waals surface area (Å²) >= 11 is 1.55. The molecular formula is C20H23N3O3S. The number of nitrogens with one attached hydrogen (secondary N) is 2. The summed E-state index contributed by atoms with van der Waals surface area (Å²) in [5.74, 6) is -0.545. The molecule has 0 saturated heterocycles. The second kappa shape index (κ2) is 9.78. The van der Waals surface area contributed by atoms with Crippen LogP contribution in [-0.4, -0.2) is 42.5 Å². The van der Waals surface area contributed by atoms with Crippen LogP contribution in [0.5, 0.6) is 0 Å². The predicted octanol–water partition coefficient (Wildman–Crippen LogP) is 3.01. The molecule has 0 saturated carbocycles. The van der Waals surface area contributed by atoms with Gasteiger partial charge in [-0.2, -0.15) is 0 Å². The fourth-order valence-electron chi connectivity index (χ4n) is 2.46. The van der Waals surface area contributed by atoms with Crippen LogP contribution >= 0.6 is 11.8 Å². The first-order chi connectivity index (χ1) is 12.9. The van der Waals surface area contributed by atoms with Crippen molar-refractivity contribution in [1.82, 2.24) is 4.90 Å². The third-order valence-corrected chi connectivity index (χ3v) is 4.61. The van der Waals surface area contributed by atoms with Gasteiger partial charge in [-0.15, -0.1) is 11.8 Å². The van der Waals surface area contributed by atoms with Crippen LogP contribution in [0.15, 0.2) is 53.4 Å². The molecule has 3 amide bonds. The van der Waals surface area contributed by atoms with E-state index in [1.165, 1.54) is 11.8 Å². The van der Waals surface area contributed by atoms with Gasteiger partial charge in [0.25, 0.3) is 0 Å². The van der Waals surface area contributed by atoms with E-state index in [1.54, 1.807) is 43.1 Å². The Balaban J connectivity index is 1.89. The van der Waals surface area contributed by atoms with Gasteiger partial charge in [0.1, 0.15) is 0 Å². The van der Waals surface area contributed by atoms with Crippen LogP contribution in [0.4, 0.5) is 11.4 Å². The van der Waals surface area contributed by atoms with E-state index < -0.39 is 0 Å². The lowest BCUT2D eigenvalue weighted by atomic mass is 10.1. The highest BCUT2D eigenvalue weighted by Crippen LogP contribution is 2.24. The average Bonchev–Trinajstić information content (AvgIpc) is 2.63. The molecule has 27 heavy (non-hydrogen) atoms. The Bertz CT molecular complexity index is 821. The van der Waals surface area contributed by atoms with Gasteiger partial charge in [-0.1, -0.05) is 24.3 Å². The quantitative estimate of drug-likeness (QED) is 0.718. The molecule has 0 aromatic heterocycles. The third-order valence-electron chi connectivity index (χ3n) is 3.82. The summed E-state index contributed by atoms with van der Waals surface area (Å²) in [5, 5.41) is 5.52. The summed E-state index contributed by atoms with van der Waals surface area (Å²) in [4.78, 5) is 38.0. The van der Waals surface area contributed by atoms with E-state index in [1.807, 2.05) is 30.5 Å². The molecule has 0 fully saturated rings. The molecule has 2 N–H and O–H groups in total. The standard InChI is InChI=1S/C20H23N3O3S/c1-14(24)21-16-10-8-15(9-11-16)12-20(26)23(2)13-19(25)22-17-6-4-5-7-18(17)27-3/h4-11H,12-13H2,1-3H3,(H,21,24)(H,22,25). The number of hydrogen-bond donors (Lipinski definition) is 2. The maximum absolute atomic E-state index is 12.4. The minimum absolute atomic E-state index is 0.0223. The molecule has 0 heterocycles. The molecule has 0 atom stereocenters. The molecule has 7 heteroatoms. The average molecular weight is 385 g/mol. The molecule has 0 radical (unpaired) electrons. The van der Waals surface area contributed by atoms with Gasteiger partial charge < -0.3 is 15.5 Å². The first kappa shape index (κ1) is 20.5. The highest BCUT2D eigenvalue weighted by atomic mass is 32.2. The second-order valence-corrected chi connectivity index (χ2v) is 6.90. The zero-order valence-electron chi connectivity index (χ0n) is 15.6. The van der Waals surface area contributed by atoms with Gasteiger partial charge in [0.05, 0.1) is 18.7 Å². The molecule has 0 aliphatic rings. The zero-order valence-corrected chi connectivity index (χ0v) is 16.4. The first-order valence-corrected chi connectivity index (χ1v) is 9.65. The first-order valence-electron chi connectivity index (χ1n) is 8.42. The smallest absolute Gasteiger partial charge is 0.244 e. The summed E-state index contributed by atoms with van der Waals surface area (Å²) in [6.07, 6.45) is 2.13. The van der Waals surface area contributed by atoms with Crippen molar-refractivity contribution in [3.63, 3.8) is 0 Å². The number of hydrogen-bond acceptors (Lipinski definition) is 4. The number of carbonyl (C=O) groups is 3. The van der Waals surface area contributed by atoms with E-state index in [9.17, 15) is 14.4 Å². The molecule has 0 unspecified atom stereocenters. The van der Waals surface area contributed by atoms with Crippen molar-refractivity contribution >= 4 is 40.9 Å². The Kier molecular flexibility index (Phi) is 7.43. The number of anilines is 2. The number of nitrogens with zero attached hydrogens (tertiary/aromatic N) is 1. The van der Waals surface area contributed by atoms with E-state index in [0.717, 1.165) is 16.1 Å². The summed E-state index contributed by atoms with van der Waals surface area (Å²) in [7, 11) is 1.61. The summed E-state index contributed by atoms with van der Waals surface area (Å²) in [5.41, 5.74) is 2.23. The van der Waals surface area contributed by atoms with E-state index in [4.69, 9.17) is 0 Å². The van der Waals surface area contributed by atoms with Crippen LogP contribution in [0.3, 0.4) is 0 Å². The summed E-state index contributed by atoms with van der Waals surface area (Å²) in [6.45, 7) is 1.42. The third kappa shape index (κ3) is 6.45. The Labute approximate surface area is 163 Å². The van der Waals surface area contributed by atoms with Crippen molar-refractivity contribution < 1.29 is 14.4 Å². The molecule has 2 aromatic rings. The van der Waals surface area contributed by atoms with Crippen molar-refractivity contribution in [2.75, 3.05) is 30.5 Å². The van der Waals surface area contributed by atoms with Crippen LogP contribution in [0.25, 0.3) is 0 Å². The van der Waals surface area contributed by atoms with Crippen LogP contribution < -0.4 is 10.6 Å². The Morgan fingerprint density at radius 2 is 1.67 bits per heavy atom. The van der Waals surface area contributed by atoms with Crippen LogP contribution in [-0.2, 0) is 20.8 Å². The van der Waals surface area contributed by atoms with Crippen molar-refractivity contribution in [3.05, 3.63) is 54.1 Å². The number of likely N-dealkylation sites (N-methyl/N-ethyl adjacent to an activating group) is 1. The fraction of sp³-hybridized carbons (Fsp3) is 0.250. The molecule has 6 nitrogen and oxygen atoms in total. The number of amides is 3. The van der Waals surface area contributed by atoms with Gasteiger partial charge in [0.15, 0.2) is 0 Å². The van der Waals surface area contributed by atoms with Crippen LogP contribution in [0, 0.1) is 0 Å². The maximum Gasteiger partial charge on any atom is 0.244 e. The Morgan fingerprint density at radius 3 is 2.30 bits per heavy atom. The van der Waals surface area contributed by atoms with Gasteiger partial charge in [-0.05, 0) is 36.1 Å². The molecule has 0 spiro atoms. The van der Waals surface area contributed by atoms with Gasteiger partial charge >= 0.3 is 0 Å². The van der Waals surface area contributed by atoms with Crippen molar-refractivity contribution in [3.8, 4) is 0 Å². The fourth-order valence-corrected chi connectivity index (χ4v) is 3.01. The highest BCUT2D eigenvalue weighted by molar-refractivity contribution is 7.98. The Morgan fingerprint density at radius 1 is 1.00 bits per heavy atom. The van der Waals surface area contributed by atoms with Gasteiger partial charge in [-0.3, -0.25) is 14.4 Å². The number of thioether (sulfide) groups is 1. The molecule has 0 aliphatic heterocycles. The van der Waals surface area contributed by atoms with E-state index >= 15 is 0 Å². The number of rotatable bonds is 7. The van der Waals surface area contributed by atoms with Gasteiger partial charge in [0, 0.05) is 24.6 Å². The lowest BCUT2D eigenvalue weighted by Gasteiger charge is -2.17. The largest absolute Gasteiger partial charge is 0.336 e. The number of benzene rings is 2. The van der Waals surface area contributed by atoms with Gasteiger partial charge in [-0.25, -0.2) is 0 Å². The van der Waals surface area contributed by atoms with Crippen molar-refractivity contribution in [2.24, 2.45) is 0 Å². The SMILES string of the molecule is CSc1ccccc1NC(=O)CN(C)C(=O)Cc1ccc(NC(C)=O)cc1. The summed E-state index contributed by atoms with van der Waals surface area (Å²) < 4.78 is 0. The number of para-hydroxylation sites is 1. The predicted molar refractivity (Wildman–Crippen MR) is 109 cm³/mol. The van der Waals surface area contributed by atoms with Crippen LogP contribution in [0.2, 0.25) is 0 Å². The maximum atomic E-state index is 12.4. The van der Waals surface area contributed by atoms with E-state index in [2.05, 4.69) is 10.6 Å². The van der Waals surface area contributed by atoms with Crippen LogP contribution in [0.1, 0.15) is 12.5 Å². The van der Waals surface area contributed by atoms with Crippen molar-refractivity contribution in [2.45, 2.75) is 18.2 Å². The highest BCUT2D eigenvalue weighted by Gasteiger charge is 2.14. The molecular weight excluding hydrogens is 362 g/mol. The lowest BCUT2D eigenvalue weighted by Crippen LogP contribution is -2.35. The van der Waals surface area contributed by atoms with E-state index in [0.29, 0.717) is 5.69 Å². The van der Waals surface area contributed by atoms with Crippen molar-refractivity contribution in [1.29, 1.82) is 0 Å². The minimum Gasteiger partial charge on any atom is -0.336 e. The number of carbonyl (C=O) groups excluding carboxylic acids is 3. The lowest BCUT2D eigenvalue weighted by molar-refractivity contribution is -0.132.